The van der Waals surface area contributed by atoms with Crippen LogP contribution in [0.2, 0.25) is 0 Å². The van der Waals surface area contributed by atoms with Crippen molar-refractivity contribution >= 4 is 10.0 Å². The van der Waals surface area contributed by atoms with Gasteiger partial charge < -0.3 is 4.74 Å². The number of benzene rings is 1. The van der Waals surface area contributed by atoms with E-state index in [1.807, 2.05) is 13.8 Å². The van der Waals surface area contributed by atoms with Crippen LogP contribution >= 0.6 is 0 Å². The summed E-state index contributed by atoms with van der Waals surface area (Å²) in [5.74, 6) is 0.360. The number of hydrogen-bond donors (Lipinski definition) is 1. The molecule has 0 aliphatic heterocycles. The quantitative estimate of drug-likeness (QED) is 0.857. The van der Waals surface area contributed by atoms with Gasteiger partial charge in [0.05, 0.1) is 7.11 Å². The summed E-state index contributed by atoms with van der Waals surface area (Å²) < 4.78 is 31.6. The van der Waals surface area contributed by atoms with E-state index >= 15 is 0 Å². The molecule has 0 bridgehead atoms. The molecule has 0 saturated carbocycles. The number of sulfonamides is 1. The predicted octanol–water partition coefficient (Wildman–Crippen LogP) is 1.77. The van der Waals surface area contributed by atoms with Crippen LogP contribution in [0.4, 0.5) is 0 Å². The number of hydrogen-bond acceptors (Lipinski definition) is 3. The van der Waals surface area contributed by atoms with Gasteiger partial charge in [-0.3, -0.25) is 0 Å². The fourth-order valence-corrected chi connectivity index (χ4v) is 2.75. The van der Waals surface area contributed by atoms with E-state index in [9.17, 15) is 8.42 Å². The van der Waals surface area contributed by atoms with Crippen molar-refractivity contribution in [1.29, 1.82) is 0 Å². The summed E-state index contributed by atoms with van der Waals surface area (Å²) in [6.45, 7) is 3.75. The molecule has 0 amide bonds. The van der Waals surface area contributed by atoms with Crippen molar-refractivity contribution in [2.45, 2.75) is 31.2 Å². The summed E-state index contributed by atoms with van der Waals surface area (Å²) in [5.41, 5.74) is 0. The molecule has 1 aromatic rings. The van der Waals surface area contributed by atoms with Crippen molar-refractivity contribution in [2.75, 3.05) is 7.11 Å². The third-order valence-electron chi connectivity index (χ3n) is 2.33. The Morgan fingerprint density at radius 2 is 2.00 bits per heavy atom. The monoisotopic (exact) mass is 243 g/mol. The fraction of sp³-hybridized carbons (Fsp3) is 0.455. The lowest BCUT2D eigenvalue weighted by molar-refractivity contribution is 0.402. The van der Waals surface area contributed by atoms with Crippen molar-refractivity contribution in [2.24, 2.45) is 0 Å². The summed E-state index contributed by atoms with van der Waals surface area (Å²) in [7, 11) is -2.03. The molecule has 5 heteroatoms. The molecule has 0 radical (unpaired) electrons. The third kappa shape index (κ3) is 2.96. The largest absolute Gasteiger partial charge is 0.495 e. The minimum Gasteiger partial charge on any atom is -0.495 e. The number of nitrogens with one attached hydrogen (secondary N) is 1. The van der Waals surface area contributed by atoms with Crippen LogP contribution in [0.1, 0.15) is 20.3 Å². The van der Waals surface area contributed by atoms with Crippen molar-refractivity contribution in [1.82, 2.24) is 4.72 Å². The lowest BCUT2D eigenvalue weighted by Crippen LogP contribution is -2.32. The minimum atomic E-state index is -3.49. The zero-order valence-electron chi connectivity index (χ0n) is 9.73. The first-order chi connectivity index (χ1) is 7.51. The normalized spacial score (nSPS) is 13.4. The molecule has 1 N–H and O–H groups in total. The van der Waals surface area contributed by atoms with E-state index in [1.165, 1.54) is 13.2 Å². The maximum atomic E-state index is 12.0. The molecule has 0 aliphatic carbocycles. The van der Waals surface area contributed by atoms with Crippen LogP contribution in [0.25, 0.3) is 0 Å². The molecule has 90 valence electrons. The summed E-state index contributed by atoms with van der Waals surface area (Å²) >= 11 is 0. The van der Waals surface area contributed by atoms with Gasteiger partial charge >= 0.3 is 0 Å². The average Bonchev–Trinajstić information content (AvgIpc) is 2.28. The summed E-state index contributed by atoms with van der Waals surface area (Å²) in [4.78, 5) is 0.179. The first-order valence-electron chi connectivity index (χ1n) is 5.16. The average molecular weight is 243 g/mol. The first-order valence-corrected chi connectivity index (χ1v) is 6.65. The highest BCUT2D eigenvalue weighted by molar-refractivity contribution is 7.89. The van der Waals surface area contributed by atoms with E-state index < -0.39 is 10.0 Å². The van der Waals surface area contributed by atoms with Crippen molar-refractivity contribution in [3.8, 4) is 5.75 Å². The highest BCUT2D eigenvalue weighted by Gasteiger charge is 2.20. The fourth-order valence-electron chi connectivity index (χ4n) is 1.25. The van der Waals surface area contributed by atoms with Crippen molar-refractivity contribution in [3.63, 3.8) is 0 Å². The Morgan fingerprint density at radius 3 is 2.56 bits per heavy atom. The second-order valence-electron chi connectivity index (χ2n) is 3.58. The van der Waals surface area contributed by atoms with Gasteiger partial charge in [0.15, 0.2) is 0 Å². The van der Waals surface area contributed by atoms with Gasteiger partial charge in [0, 0.05) is 6.04 Å². The Morgan fingerprint density at radius 1 is 1.38 bits per heavy atom. The SMILES string of the molecule is CCC(C)NS(=O)(=O)c1ccccc1OC. The molecular formula is C11H17NO3S. The smallest absolute Gasteiger partial charge is 0.244 e. The maximum Gasteiger partial charge on any atom is 0.244 e. The molecule has 1 rings (SSSR count). The molecule has 0 spiro atoms. The van der Waals surface area contributed by atoms with Gasteiger partial charge in [0.2, 0.25) is 10.0 Å². The van der Waals surface area contributed by atoms with Gasteiger partial charge in [-0.25, -0.2) is 13.1 Å². The van der Waals surface area contributed by atoms with Gasteiger partial charge in [-0.15, -0.1) is 0 Å². The van der Waals surface area contributed by atoms with Gasteiger partial charge in [-0.2, -0.15) is 0 Å². The molecule has 16 heavy (non-hydrogen) atoms. The third-order valence-corrected chi connectivity index (χ3v) is 3.96. The van der Waals surface area contributed by atoms with E-state index in [4.69, 9.17) is 4.74 Å². The second-order valence-corrected chi connectivity index (χ2v) is 5.26. The molecule has 0 aromatic heterocycles. The summed E-state index contributed by atoms with van der Waals surface area (Å²) in [6.07, 6.45) is 0.744. The number of para-hydroxylation sites is 1. The zero-order valence-corrected chi connectivity index (χ0v) is 10.5. The Labute approximate surface area is 96.7 Å². The topological polar surface area (TPSA) is 55.4 Å². The Hall–Kier alpha value is -1.07. The van der Waals surface area contributed by atoms with Gasteiger partial charge in [0.1, 0.15) is 10.6 Å². The molecule has 4 nitrogen and oxygen atoms in total. The van der Waals surface area contributed by atoms with Crippen LogP contribution in [0.5, 0.6) is 5.75 Å². The van der Waals surface area contributed by atoms with E-state index in [0.29, 0.717) is 5.75 Å². The number of methoxy groups -OCH3 is 1. The van der Waals surface area contributed by atoms with Crippen molar-refractivity contribution in [3.05, 3.63) is 24.3 Å². The Bertz CT molecular complexity index is 442. The maximum absolute atomic E-state index is 12.0. The molecule has 1 aromatic carbocycles. The highest BCUT2D eigenvalue weighted by Crippen LogP contribution is 2.22. The van der Waals surface area contributed by atoms with Crippen molar-refractivity contribution < 1.29 is 13.2 Å². The second kappa shape index (κ2) is 5.32. The molecule has 0 fully saturated rings. The molecule has 0 saturated heterocycles. The molecule has 1 atom stereocenters. The van der Waals surface area contributed by atoms with Crippen LogP contribution in [0.3, 0.4) is 0 Å². The summed E-state index contributed by atoms with van der Waals surface area (Å²) in [6, 6.07) is 6.48. The number of ether oxygens (including phenoxy) is 1. The predicted molar refractivity (Wildman–Crippen MR) is 63.1 cm³/mol. The molecule has 0 aliphatic rings. The van der Waals surface area contributed by atoms with Crippen LogP contribution < -0.4 is 9.46 Å². The van der Waals surface area contributed by atoms with Crippen LogP contribution in [-0.4, -0.2) is 21.6 Å². The van der Waals surface area contributed by atoms with E-state index in [0.717, 1.165) is 6.42 Å². The van der Waals surface area contributed by atoms with Crippen LogP contribution in [0.15, 0.2) is 29.2 Å². The van der Waals surface area contributed by atoms with E-state index in [2.05, 4.69) is 4.72 Å². The lowest BCUT2D eigenvalue weighted by atomic mass is 10.3. The van der Waals surface area contributed by atoms with Crippen LogP contribution in [-0.2, 0) is 10.0 Å². The lowest BCUT2D eigenvalue weighted by Gasteiger charge is -2.14. The van der Waals surface area contributed by atoms with Gasteiger partial charge in [-0.1, -0.05) is 19.1 Å². The first kappa shape index (κ1) is 13.0. The Kier molecular flexibility index (Phi) is 4.32. The minimum absolute atomic E-state index is 0.0880. The van der Waals surface area contributed by atoms with Crippen LogP contribution in [0, 0.1) is 0 Å². The summed E-state index contributed by atoms with van der Waals surface area (Å²) in [5, 5.41) is 0. The van der Waals surface area contributed by atoms with E-state index in [1.54, 1.807) is 18.2 Å². The number of rotatable bonds is 5. The molecular weight excluding hydrogens is 226 g/mol. The molecule has 0 heterocycles. The zero-order chi connectivity index (χ0) is 12.2. The standard InChI is InChI=1S/C11H17NO3S/c1-4-9(2)12-16(13,14)11-8-6-5-7-10(11)15-3/h5-9,12H,4H2,1-3H3. The van der Waals surface area contributed by atoms with E-state index in [-0.39, 0.29) is 10.9 Å². The Balaban J connectivity index is 3.07. The molecule has 1 unspecified atom stereocenters. The van der Waals surface area contributed by atoms with Gasteiger partial charge in [0.25, 0.3) is 0 Å². The van der Waals surface area contributed by atoms with Gasteiger partial charge in [-0.05, 0) is 25.5 Å². The highest BCUT2D eigenvalue weighted by atomic mass is 32.2.